The highest BCUT2D eigenvalue weighted by Crippen LogP contribution is 2.22. The Morgan fingerprint density at radius 1 is 1.21 bits per heavy atom. The van der Waals surface area contributed by atoms with Gasteiger partial charge in [-0.3, -0.25) is 10.1 Å². The standard InChI is InChI=1S/C23H20FN3OS/c1-15(2)18-7-3-16(4-8-18)11-19(13-25)22(28)27-23-26-14-21(29-23)12-17-5-9-20(24)10-6-17/h3-11,14-15H,12H2,1-2H3,(H,26,27,28)/b19-11-. The van der Waals surface area contributed by atoms with E-state index in [1.165, 1.54) is 29.0 Å². The van der Waals surface area contributed by atoms with E-state index in [9.17, 15) is 14.4 Å². The molecule has 0 aliphatic carbocycles. The Balaban J connectivity index is 1.67. The molecule has 0 aliphatic rings. The monoisotopic (exact) mass is 405 g/mol. The van der Waals surface area contributed by atoms with Crippen LogP contribution in [0.15, 0.2) is 60.3 Å². The highest BCUT2D eigenvalue weighted by Gasteiger charge is 2.12. The average Bonchev–Trinajstić information content (AvgIpc) is 3.14. The fourth-order valence-electron chi connectivity index (χ4n) is 2.71. The molecule has 0 radical (unpaired) electrons. The summed E-state index contributed by atoms with van der Waals surface area (Å²) in [5.41, 5.74) is 2.95. The first-order valence-corrected chi connectivity index (χ1v) is 9.98. The second kappa shape index (κ2) is 9.26. The molecule has 0 atom stereocenters. The first-order chi connectivity index (χ1) is 13.9. The van der Waals surface area contributed by atoms with Gasteiger partial charge in [0, 0.05) is 17.5 Å². The summed E-state index contributed by atoms with van der Waals surface area (Å²) in [4.78, 5) is 17.6. The molecule has 1 N–H and O–H groups in total. The number of nitrogens with one attached hydrogen (secondary N) is 1. The smallest absolute Gasteiger partial charge is 0.268 e. The largest absolute Gasteiger partial charge is 0.297 e. The highest BCUT2D eigenvalue weighted by atomic mass is 32.1. The number of carbonyl (C=O) groups excluding carboxylic acids is 1. The van der Waals surface area contributed by atoms with Gasteiger partial charge in [0.25, 0.3) is 5.91 Å². The van der Waals surface area contributed by atoms with Crippen LogP contribution < -0.4 is 5.32 Å². The van der Waals surface area contributed by atoms with Gasteiger partial charge in [0.1, 0.15) is 17.5 Å². The van der Waals surface area contributed by atoms with Gasteiger partial charge in [-0.25, -0.2) is 9.37 Å². The van der Waals surface area contributed by atoms with E-state index in [1.54, 1.807) is 24.4 Å². The van der Waals surface area contributed by atoms with Crippen LogP contribution >= 0.6 is 11.3 Å². The summed E-state index contributed by atoms with van der Waals surface area (Å²) in [6.07, 6.45) is 3.83. The van der Waals surface area contributed by atoms with Crippen LogP contribution in [-0.4, -0.2) is 10.9 Å². The Morgan fingerprint density at radius 3 is 2.52 bits per heavy atom. The summed E-state index contributed by atoms with van der Waals surface area (Å²) in [5.74, 6) is -0.357. The predicted octanol–water partition coefficient (Wildman–Crippen LogP) is 5.54. The lowest BCUT2D eigenvalue weighted by atomic mass is 10.0. The van der Waals surface area contributed by atoms with Crippen LogP contribution in [0, 0.1) is 17.1 Å². The van der Waals surface area contributed by atoms with E-state index in [4.69, 9.17) is 0 Å². The number of thiazole rings is 1. The first-order valence-electron chi connectivity index (χ1n) is 9.17. The summed E-state index contributed by atoms with van der Waals surface area (Å²) in [6, 6.07) is 16.0. The van der Waals surface area contributed by atoms with Gasteiger partial charge in [-0.2, -0.15) is 5.26 Å². The maximum atomic E-state index is 13.0. The quantitative estimate of drug-likeness (QED) is 0.432. The van der Waals surface area contributed by atoms with Crippen molar-refractivity contribution in [2.24, 2.45) is 0 Å². The fourth-order valence-corrected chi connectivity index (χ4v) is 3.55. The number of rotatable bonds is 6. The molecule has 0 unspecified atom stereocenters. The number of hydrogen-bond donors (Lipinski definition) is 1. The van der Waals surface area contributed by atoms with E-state index in [0.29, 0.717) is 17.5 Å². The molecule has 0 fully saturated rings. The zero-order valence-electron chi connectivity index (χ0n) is 16.1. The summed E-state index contributed by atoms with van der Waals surface area (Å²) >= 11 is 1.33. The van der Waals surface area contributed by atoms with Gasteiger partial charge < -0.3 is 0 Å². The average molecular weight is 405 g/mol. The molecule has 0 saturated carbocycles. The number of aromatic nitrogens is 1. The molecule has 29 heavy (non-hydrogen) atoms. The van der Waals surface area contributed by atoms with Crippen LogP contribution in [0.5, 0.6) is 0 Å². The Morgan fingerprint density at radius 2 is 1.90 bits per heavy atom. The molecule has 2 aromatic carbocycles. The molecule has 6 heteroatoms. The van der Waals surface area contributed by atoms with E-state index in [-0.39, 0.29) is 11.4 Å². The van der Waals surface area contributed by atoms with Gasteiger partial charge in [0.05, 0.1) is 0 Å². The van der Waals surface area contributed by atoms with Crippen LogP contribution in [0.1, 0.15) is 41.3 Å². The lowest BCUT2D eigenvalue weighted by Crippen LogP contribution is -2.13. The number of anilines is 1. The Hall–Kier alpha value is -3.30. The summed E-state index contributed by atoms with van der Waals surface area (Å²) in [7, 11) is 0. The van der Waals surface area contributed by atoms with Crippen molar-refractivity contribution < 1.29 is 9.18 Å². The summed E-state index contributed by atoms with van der Waals surface area (Å²) in [6.45, 7) is 4.22. The number of halogens is 1. The molecule has 1 aromatic heterocycles. The van der Waals surface area contributed by atoms with Crippen molar-refractivity contribution in [2.75, 3.05) is 5.32 Å². The van der Waals surface area contributed by atoms with Crippen molar-refractivity contribution in [1.82, 2.24) is 4.98 Å². The zero-order valence-corrected chi connectivity index (χ0v) is 17.0. The third kappa shape index (κ3) is 5.59. The Kier molecular flexibility index (Phi) is 6.53. The number of benzene rings is 2. The zero-order chi connectivity index (χ0) is 20.8. The molecule has 0 saturated heterocycles. The summed E-state index contributed by atoms with van der Waals surface area (Å²) in [5, 5.41) is 12.5. The molecule has 4 nitrogen and oxygen atoms in total. The second-order valence-corrected chi connectivity index (χ2v) is 8.00. The fraction of sp³-hybridized carbons (Fsp3) is 0.174. The van der Waals surface area contributed by atoms with Crippen molar-refractivity contribution in [2.45, 2.75) is 26.2 Å². The van der Waals surface area contributed by atoms with Gasteiger partial charge in [0.15, 0.2) is 5.13 Å². The minimum Gasteiger partial charge on any atom is -0.297 e. The second-order valence-electron chi connectivity index (χ2n) is 6.88. The van der Waals surface area contributed by atoms with Gasteiger partial charge >= 0.3 is 0 Å². The van der Waals surface area contributed by atoms with Crippen LogP contribution in [-0.2, 0) is 11.2 Å². The number of hydrogen-bond acceptors (Lipinski definition) is 4. The molecule has 0 spiro atoms. The highest BCUT2D eigenvalue weighted by molar-refractivity contribution is 7.15. The molecule has 3 aromatic rings. The normalized spacial score (nSPS) is 11.3. The molecular formula is C23H20FN3OS. The maximum Gasteiger partial charge on any atom is 0.268 e. The third-order valence-corrected chi connectivity index (χ3v) is 5.26. The molecule has 3 rings (SSSR count). The number of carbonyl (C=O) groups is 1. The van der Waals surface area contributed by atoms with Crippen molar-refractivity contribution in [3.63, 3.8) is 0 Å². The molecule has 0 aliphatic heterocycles. The third-order valence-electron chi connectivity index (χ3n) is 4.34. The minimum absolute atomic E-state index is 0.0116. The van der Waals surface area contributed by atoms with Gasteiger partial charge in [0.2, 0.25) is 0 Å². The van der Waals surface area contributed by atoms with Crippen LogP contribution in [0.3, 0.4) is 0 Å². The van der Waals surface area contributed by atoms with E-state index >= 15 is 0 Å². The maximum absolute atomic E-state index is 13.0. The molecular weight excluding hydrogens is 385 g/mol. The van der Waals surface area contributed by atoms with Crippen LogP contribution in [0.4, 0.5) is 9.52 Å². The predicted molar refractivity (Wildman–Crippen MR) is 114 cm³/mol. The topological polar surface area (TPSA) is 65.8 Å². The van der Waals surface area contributed by atoms with E-state index in [2.05, 4.69) is 24.1 Å². The lowest BCUT2D eigenvalue weighted by Gasteiger charge is -2.05. The van der Waals surface area contributed by atoms with Crippen molar-refractivity contribution in [1.29, 1.82) is 5.26 Å². The van der Waals surface area contributed by atoms with E-state index < -0.39 is 5.91 Å². The van der Waals surface area contributed by atoms with Crippen LogP contribution in [0.2, 0.25) is 0 Å². The molecule has 1 amide bonds. The summed E-state index contributed by atoms with van der Waals surface area (Å²) < 4.78 is 13.0. The van der Waals surface area contributed by atoms with E-state index in [1.807, 2.05) is 30.3 Å². The van der Waals surface area contributed by atoms with Gasteiger partial charge in [-0.05, 0) is 40.8 Å². The molecule has 146 valence electrons. The molecule has 0 bridgehead atoms. The number of nitrogens with zero attached hydrogens (tertiary/aromatic N) is 2. The van der Waals surface area contributed by atoms with Gasteiger partial charge in [-0.15, -0.1) is 11.3 Å². The van der Waals surface area contributed by atoms with Crippen molar-refractivity contribution in [3.8, 4) is 6.07 Å². The van der Waals surface area contributed by atoms with Gasteiger partial charge in [-0.1, -0.05) is 50.2 Å². The van der Waals surface area contributed by atoms with Crippen molar-refractivity contribution >= 4 is 28.5 Å². The van der Waals surface area contributed by atoms with Crippen LogP contribution in [0.25, 0.3) is 6.08 Å². The number of nitriles is 1. The first kappa shape index (κ1) is 20.4. The molecule has 1 heterocycles. The minimum atomic E-state index is -0.497. The lowest BCUT2D eigenvalue weighted by molar-refractivity contribution is -0.112. The Bertz CT molecular complexity index is 1060. The van der Waals surface area contributed by atoms with E-state index in [0.717, 1.165) is 16.0 Å². The van der Waals surface area contributed by atoms with Crippen molar-refractivity contribution in [3.05, 3.63) is 87.7 Å². The SMILES string of the molecule is CC(C)c1ccc(/C=C(/C#N)C(=O)Nc2ncc(Cc3ccc(F)cc3)s2)cc1. The Labute approximate surface area is 173 Å². The number of amides is 1.